The number of likely N-dealkylation sites (tertiary alicyclic amines) is 1. The van der Waals surface area contributed by atoms with Crippen LogP contribution >= 0.6 is 15.9 Å². The Bertz CT molecular complexity index is 620. The van der Waals surface area contributed by atoms with Gasteiger partial charge in [0, 0.05) is 24.0 Å². The lowest BCUT2D eigenvalue weighted by Gasteiger charge is -2.27. The highest BCUT2D eigenvalue weighted by Crippen LogP contribution is 2.45. The predicted molar refractivity (Wildman–Crippen MR) is 79.8 cm³/mol. The van der Waals surface area contributed by atoms with Gasteiger partial charge in [-0.05, 0) is 24.5 Å². The average Bonchev–Trinajstić information content (AvgIpc) is 2.92. The van der Waals surface area contributed by atoms with E-state index in [-0.39, 0.29) is 13.0 Å². The molecule has 1 saturated heterocycles. The third kappa shape index (κ3) is 3.52. The lowest BCUT2D eigenvalue weighted by atomic mass is 9.86. The Hall–Kier alpha value is -1.57. The number of hydrogen-bond donors (Lipinski definition) is 1. The second-order valence-electron chi connectivity index (χ2n) is 5.54. The van der Waals surface area contributed by atoms with Crippen molar-refractivity contribution in [1.29, 1.82) is 0 Å². The average molecular weight is 394 g/mol. The van der Waals surface area contributed by atoms with E-state index in [1.807, 2.05) is 18.2 Å². The van der Waals surface area contributed by atoms with Crippen LogP contribution in [0.5, 0.6) is 0 Å². The van der Waals surface area contributed by atoms with Gasteiger partial charge >= 0.3 is 12.1 Å². The van der Waals surface area contributed by atoms with Crippen molar-refractivity contribution in [3.05, 3.63) is 34.3 Å². The van der Waals surface area contributed by atoms with Crippen LogP contribution in [0.2, 0.25) is 0 Å². The number of carboxylic acids is 1. The molecule has 1 amide bonds. The van der Waals surface area contributed by atoms with Crippen LogP contribution in [-0.2, 0) is 16.0 Å². The lowest BCUT2D eigenvalue weighted by molar-refractivity contribution is -0.227. The van der Waals surface area contributed by atoms with E-state index in [1.165, 1.54) is 0 Å². The van der Waals surface area contributed by atoms with Gasteiger partial charge in [0.15, 0.2) is 5.41 Å². The summed E-state index contributed by atoms with van der Waals surface area (Å²) in [6.07, 6.45) is -5.07. The van der Waals surface area contributed by atoms with E-state index in [2.05, 4.69) is 15.9 Å². The number of carbonyl (C=O) groups is 2. The van der Waals surface area contributed by atoms with Crippen LogP contribution in [0.1, 0.15) is 18.4 Å². The van der Waals surface area contributed by atoms with E-state index < -0.39 is 36.4 Å². The van der Waals surface area contributed by atoms with Crippen molar-refractivity contribution in [3.8, 4) is 0 Å². The Kier molecular flexibility index (Phi) is 5.03. The van der Waals surface area contributed by atoms with Gasteiger partial charge in [0.1, 0.15) is 0 Å². The molecule has 0 aliphatic carbocycles. The molecule has 1 atom stereocenters. The number of hydrogen-bond acceptors (Lipinski definition) is 2. The maximum Gasteiger partial charge on any atom is 0.406 e. The molecule has 4 nitrogen and oxygen atoms in total. The smallest absolute Gasteiger partial charge is 0.406 e. The summed E-state index contributed by atoms with van der Waals surface area (Å²) >= 11 is 3.34. The van der Waals surface area contributed by atoms with Crippen molar-refractivity contribution in [2.24, 2.45) is 5.41 Å². The van der Waals surface area contributed by atoms with E-state index in [0.717, 1.165) is 14.9 Å². The number of alkyl halides is 3. The molecule has 1 N–H and O–H groups in total. The number of rotatable bonds is 4. The Labute approximate surface area is 139 Å². The fraction of sp³-hybridized carbons (Fsp3) is 0.467. The summed E-state index contributed by atoms with van der Waals surface area (Å²) in [4.78, 5) is 24.2. The SMILES string of the molecule is O=C(CCc1ccccc1Br)N1CCC(C(=O)O)(C(F)(F)F)C1. The highest BCUT2D eigenvalue weighted by molar-refractivity contribution is 9.10. The molecule has 1 unspecified atom stereocenters. The van der Waals surface area contributed by atoms with Crippen molar-refractivity contribution in [2.45, 2.75) is 25.4 Å². The molecule has 1 aliphatic rings. The number of benzene rings is 1. The molecule has 0 aromatic heterocycles. The summed E-state index contributed by atoms with van der Waals surface area (Å²) in [5.74, 6) is -2.39. The second-order valence-corrected chi connectivity index (χ2v) is 6.40. The number of carbonyl (C=O) groups excluding carboxylic acids is 1. The minimum absolute atomic E-state index is 0.0379. The highest BCUT2D eigenvalue weighted by Gasteiger charge is 2.64. The third-order valence-corrected chi connectivity index (χ3v) is 4.91. The largest absolute Gasteiger partial charge is 0.481 e. The molecule has 23 heavy (non-hydrogen) atoms. The van der Waals surface area contributed by atoms with Crippen LogP contribution in [-0.4, -0.2) is 41.1 Å². The second kappa shape index (κ2) is 6.51. The summed E-state index contributed by atoms with van der Waals surface area (Å²) in [5.41, 5.74) is -1.98. The van der Waals surface area contributed by atoms with Gasteiger partial charge in [-0.2, -0.15) is 13.2 Å². The monoisotopic (exact) mass is 393 g/mol. The highest BCUT2D eigenvalue weighted by atomic mass is 79.9. The van der Waals surface area contributed by atoms with Crippen molar-refractivity contribution in [1.82, 2.24) is 4.90 Å². The Balaban J connectivity index is 2.02. The summed E-state index contributed by atoms with van der Waals surface area (Å²) in [6, 6.07) is 7.26. The van der Waals surface area contributed by atoms with Crippen LogP contribution in [0.4, 0.5) is 13.2 Å². The van der Waals surface area contributed by atoms with Crippen LogP contribution in [0.15, 0.2) is 28.7 Å². The molecule has 0 bridgehead atoms. The minimum Gasteiger partial charge on any atom is -0.481 e. The van der Waals surface area contributed by atoms with E-state index in [1.54, 1.807) is 6.07 Å². The van der Waals surface area contributed by atoms with Gasteiger partial charge in [0.25, 0.3) is 0 Å². The molecule has 2 rings (SSSR count). The number of nitrogens with zero attached hydrogens (tertiary/aromatic N) is 1. The zero-order valence-corrected chi connectivity index (χ0v) is 13.7. The molecule has 1 fully saturated rings. The standard InChI is InChI=1S/C15H15BrF3NO3/c16-11-4-2-1-3-10(11)5-6-12(21)20-8-7-14(9-20,13(22)23)15(17,18)19/h1-4H,5-9H2,(H,22,23). The molecule has 8 heteroatoms. The van der Waals surface area contributed by atoms with Crippen molar-refractivity contribution < 1.29 is 27.9 Å². The van der Waals surface area contributed by atoms with Crippen molar-refractivity contribution in [2.75, 3.05) is 13.1 Å². The van der Waals surface area contributed by atoms with Gasteiger partial charge in [-0.1, -0.05) is 34.1 Å². The van der Waals surface area contributed by atoms with Crippen molar-refractivity contribution in [3.63, 3.8) is 0 Å². The molecule has 0 spiro atoms. The first kappa shape index (κ1) is 17.8. The van der Waals surface area contributed by atoms with Gasteiger partial charge in [0.05, 0.1) is 0 Å². The molecule has 1 aliphatic heterocycles. The predicted octanol–water partition coefficient (Wildman–Crippen LogP) is 3.25. The molecular formula is C15H15BrF3NO3. The van der Waals surface area contributed by atoms with Crippen LogP contribution < -0.4 is 0 Å². The number of amides is 1. The molecule has 126 valence electrons. The Morgan fingerprint density at radius 1 is 1.30 bits per heavy atom. The maximum absolute atomic E-state index is 13.1. The first-order valence-electron chi connectivity index (χ1n) is 6.99. The molecular weight excluding hydrogens is 379 g/mol. The topological polar surface area (TPSA) is 57.6 Å². The van der Waals surface area contributed by atoms with Gasteiger partial charge in [-0.3, -0.25) is 9.59 Å². The van der Waals surface area contributed by atoms with E-state index in [9.17, 15) is 22.8 Å². The quantitative estimate of drug-likeness (QED) is 0.853. The summed E-state index contributed by atoms with van der Waals surface area (Å²) in [5, 5.41) is 8.98. The van der Waals surface area contributed by atoms with E-state index >= 15 is 0 Å². The fourth-order valence-corrected chi connectivity index (χ4v) is 3.13. The van der Waals surface area contributed by atoms with Crippen LogP contribution in [0.25, 0.3) is 0 Å². The molecule has 1 aromatic carbocycles. The minimum atomic E-state index is -4.88. The zero-order valence-electron chi connectivity index (χ0n) is 12.1. The van der Waals surface area contributed by atoms with Gasteiger partial charge in [-0.15, -0.1) is 0 Å². The summed E-state index contributed by atoms with van der Waals surface area (Å²) in [7, 11) is 0. The number of carboxylic acid groups (broad SMARTS) is 1. The molecule has 0 radical (unpaired) electrons. The first-order valence-corrected chi connectivity index (χ1v) is 7.78. The summed E-state index contributed by atoms with van der Waals surface area (Å²) < 4.78 is 40.1. The van der Waals surface area contributed by atoms with Gasteiger partial charge < -0.3 is 10.0 Å². The van der Waals surface area contributed by atoms with Crippen molar-refractivity contribution >= 4 is 27.8 Å². The number of aryl methyl sites for hydroxylation is 1. The number of halogens is 4. The van der Waals surface area contributed by atoms with Gasteiger partial charge in [-0.25, -0.2) is 0 Å². The van der Waals surface area contributed by atoms with E-state index in [4.69, 9.17) is 5.11 Å². The lowest BCUT2D eigenvalue weighted by Crippen LogP contribution is -2.47. The molecule has 0 saturated carbocycles. The maximum atomic E-state index is 13.1. The Morgan fingerprint density at radius 3 is 2.48 bits per heavy atom. The van der Waals surface area contributed by atoms with Crippen LogP contribution in [0.3, 0.4) is 0 Å². The molecule has 1 heterocycles. The third-order valence-electron chi connectivity index (χ3n) is 4.14. The summed E-state index contributed by atoms with van der Waals surface area (Å²) in [6.45, 7) is -1.01. The Morgan fingerprint density at radius 2 is 1.96 bits per heavy atom. The number of aliphatic carboxylic acids is 1. The molecule has 1 aromatic rings. The van der Waals surface area contributed by atoms with E-state index in [0.29, 0.717) is 6.42 Å². The zero-order chi connectivity index (χ0) is 17.3. The fourth-order valence-electron chi connectivity index (χ4n) is 2.65. The normalized spacial score (nSPS) is 21.5. The first-order chi connectivity index (χ1) is 10.7. The van der Waals surface area contributed by atoms with Gasteiger partial charge in [0.2, 0.25) is 5.91 Å². The van der Waals surface area contributed by atoms with Crippen LogP contribution in [0, 0.1) is 5.41 Å².